The summed E-state index contributed by atoms with van der Waals surface area (Å²) in [4.78, 5) is 25.8. The third kappa shape index (κ3) is 3.46. The van der Waals surface area contributed by atoms with Crippen molar-refractivity contribution in [3.8, 4) is 23.2 Å². The van der Waals surface area contributed by atoms with E-state index in [1.165, 1.54) is 18.2 Å². The van der Waals surface area contributed by atoms with Gasteiger partial charge < -0.3 is 5.11 Å². The minimum Gasteiger partial charge on any atom is -0.508 e. The maximum Gasteiger partial charge on any atom is 0.349 e. The largest absolute Gasteiger partial charge is 0.508 e. The average molecular weight is 457 g/mol. The second-order valence-corrected chi connectivity index (χ2v) is 7.86. The number of aromatic amines is 1. The van der Waals surface area contributed by atoms with E-state index >= 15 is 0 Å². The number of benzene rings is 2. The van der Waals surface area contributed by atoms with Gasteiger partial charge in [-0.1, -0.05) is 37.0 Å². The standard InChI is InChI=1S/C20H14Cl2N6O3/c1-9(2)17-12-7-11(29)3-4-16(12)28(26-17)18-13(21)5-10(6-14(18)22)27-20(31)24-19(30)15(8-23)25-27/h3-7,9,29H,1-2H3,(H,24,30,31). The number of fused-ring (bicyclic) bond motifs is 1. The summed E-state index contributed by atoms with van der Waals surface area (Å²) in [7, 11) is 0. The fraction of sp³-hybridized carbons (Fsp3) is 0.150. The van der Waals surface area contributed by atoms with Gasteiger partial charge in [0.15, 0.2) is 0 Å². The van der Waals surface area contributed by atoms with Gasteiger partial charge in [0.2, 0.25) is 5.69 Å². The van der Waals surface area contributed by atoms with E-state index in [4.69, 9.17) is 28.5 Å². The van der Waals surface area contributed by atoms with E-state index in [2.05, 4.69) is 10.2 Å². The van der Waals surface area contributed by atoms with Crippen molar-refractivity contribution in [2.45, 2.75) is 19.8 Å². The van der Waals surface area contributed by atoms with Crippen molar-refractivity contribution in [3.05, 3.63) is 72.6 Å². The Morgan fingerprint density at radius 2 is 1.77 bits per heavy atom. The molecule has 2 N–H and O–H groups in total. The molecule has 2 heterocycles. The van der Waals surface area contributed by atoms with Crippen molar-refractivity contribution >= 4 is 34.1 Å². The minimum absolute atomic E-state index is 0.0655. The first-order valence-corrected chi connectivity index (χ1v) is 9.82. The number of hydrogen-bond acceptors (Lipinski definition) is 6. The van der Waals surface area contributed by atoms with E-state index in [0.29, 0.717) is 11.2 Å². The van der Waals surface area contributed by atoms with Gasteiger partial charge in [-0.2, -0.15) is 15.0 Å². The molecule has 0 saturated carbocycles. The summed E-state index contributed by atoms with van der Waals surface area (Å²) in [6, 6.07) is 9.35. The molecule has 4 rings (SSSR count). The fourth-order valence-electron chi connectivity index (χ4n) is 3.25. The fourth-order valence-corrected chi connectivity index (χ4v) is 3.89. The summed E-state index contributed by atoms with van der Waals surface area (Å²) in [6.45, 7) is 3.95. The van der Waals surface area contributed by atoms with Crippen LogP contribution in [0.2, 0.25) is 10.0 Å². The summed E-state index contributed by atoms with van der Waals surface area (Å²) in [6.07, 6.45) is 0. The van der Waals surface area contributed by atoms with Crippen molar-refractivity contribution in [2.24, 2.45) is 0 Å². The van der Waals surface area contributed by atoms with Crippen LogP contribution in [0.5, 0.6) is 5.75 Å². The monoisotopic (exact) mass is 456 g/mol. The summed E-state index contributed by atoms with van der Waals surface area (Å²) in [5, 5.41) is 28.4. The zero-order valence-corrected chi connectivity index (χ0v) is 17.7. The number of phenolic OH excluding ortho intramolecular Hbond substituents is 1. The van der Waals surface area contributed by atoms with Crippen LogP contribution in [0.3, 0.4) is 0 Å². The van der Waals surface area contributed by atoms with Crippen molar-refractivity contribution in [3.63, 3.8) is 0 Å². The van der Waals surface area contributed by atoms with Crippen LogP contribution < -0.4 is 11.2 Å². The molecule has 0 aliphatic carbocycles. The Morgan fingerprint density at radius 3 is 2.39 bits per heavy atom. The molecular weight excluding hydrogens is 443 g/mol. The highest BCUT2D eigenvalue weighted by Crippen LogP contribution is 2.36. The molecule has 0 saturated heterocycles. The molecule has 4 aromatic rings. The van der Waals surface area contributed by atoms with E-state index in [1.807, 2.05) is 18.8 Å². The van der Waals surface area contributed by atoms with Gasteiger partial charge in [0.25, 0.3) is 5.56 Å². The van der Waals surface area contributed by atoms with Crippen LogP contribution in [0.1, 0.15) is 31.2 Å². The molecule has 2 aromatic heterocycles. The molecule has 0 bridgehead atoms. The Hall–Kier alpha value is -3.61. The molecule has 0 aliphatic heterocycles. The number of halogens is 2. The molecule has 0 amide bonds. The van der Waals surface area contributed by atoms with Gasteiger partial charge in [-0.15, -0.1) is 5.10 Å². The Labute approximate surface area is 184 Å². The zero-order chi connectivity index (χ0) is 22.4. The molecule has 2 aromatic carbocycles. The third-order valence-corrected chi connectivity index (χ3v) is 5.21. The van der Waals surface area contributed by atoms with E-state index in [0.717, 1.165) is 15.8 Å². The number of phenols is 1. The highest BCUT2D eigenvalue weighted by atomic mass is 35.5. The van der Waals surface area contributed by atoms with E-state index in [9.17, 15) is 14.7 Å². The highest BCUT2D eigenvalue weighted by molar-refractivity contribution is 6.38. The van der Waals surface area contributed by atoms with Gasteiger partial charge in [-0.25, -0.2) is 9.48 Å². The van der Waals surface area contributed by atoms with Crippen LogP contribution >= 0.6 is 23.2 Å². The van der Waals surface area contributed by atoms with E-state index < -0.39 is 16.9 Å². The summed E-state index contributed by atoms with van der Waals surface area (Å²) < 4.78 is 2.41. The number of aromatic nitrogens is 5. The van der Waals surface area contributed by atoms with Crippen molar-refractivity contribution < 1.29 is 5.11 Å². The van der Waals surface area contributed by atoms with Crippen LogP contribution in [-0.4, -0.2) is 29.7 Å². The number of nitriles is 1. The van der Waals surface area contributed by atoms with Crippen LogP contribution in [0, 0.1) is 11.3 Å². The van der Waals surface area contributed by atoms with Crippen LogP contribution in [-0.2, 0) is 0 Å². The van der Waals surface area contributed by atoms with E-state index in [-0.39, 0.29) is 27.4 Å². The minimum atomic E-state index is -0.884. The molecule has 0 spiro atoms. The first-order valence-electron chi connectivity index (χ1n) is 9.06. The molecule has 0 unspecified atom stereocenters. The zero-order valence-electron chi connectivity index (χ0n) is 16.2. The maximum absolute atomic E-state index is 12.2. The van der Waals surface area contributed by atoms with Crippen molar-refractivity contribution in [1.29, 1.82) is 5.26 Å². The molecular formula is C20H14Cl2N6O3. The number of hydrogen-bond donors (Lipinski definition) is 2. The predicted octanol–water partition coefficient (Wildman–Crippen LogP) is 3.27. The normalized spacial score (nSPS) is 11.2. The molecule has 31 heavy (non-hydrogen) atoms. The molecule has 11 heteroatoms. The smallest absolute Gasteiger partial charge is 0.349 e. The van der Waals surface area contributed by atoms with Gasteiger partial charge in [-0.05, 0) is 36.2 Å². The molecule has 0 radical (unpaired) electrons. The first-order chi connectivity index (χ1) is 14.7. The van der Waals surface area contributed by atoms with Crippen molar-refractivity contribution in [2.75, 3.05) is 0 Å². The Morgan fingerprint density at radius 1 is 1.10 bits per heavy atom. The lowest BCUT2D eigenvalue weighted by Gasteiger charge is -2.12. The van der Waals surface area contributed by atoms with E-state index in [1.54, 1.807) is 22.9 Å². The molecule has 0 fully saturated rings. The lowest BCUT2D eigenvalue weighted by atomic mass is 10.1. The second-order valence-electron chi connectivity index (χ2n) is 7.04. The van der Waals surface area contributed by atoms with Crippen LogP contribution in [0.15, 0.2) is 39.9 Å². The quantitative estimate of drug-likeness (QED) is 0.486. The van der Waals surface area contributed by atoms with Gasteiger partial charge in [0.05, 0.1) is 26.9 Å². The number of aromatic hydroxyl groups is 1. The Bertz CT molecular complexity index is 1490. The van der Waals surface area contributed by atoms with Crippen LogP contribution in [0.25, 0.3) is 22.3 Å². The number of H-pyrrole nitrogens is 1. The van der Waals surface area contributed by atoms with Gasteiger partial charge in [0.1, 0.15) is 17.5 Å². The predicted molar refractivity (Wildman–Crippen MR) is 116 cm³/mol. The summed E-state index contributed by atoms with van der Waals surface area (Å²) in [5.41, 5.74) is -0.239. The Kier molecular flexibility index (Phi) is 5.05. The lowest BCUT2D eigenvalue weighted by molar-refractivity contribution is 0.476. The second kappa shape index (κ2) is 7.58. The Balaban J connectivity index is 1.96. The number of nitrogens with one attached hydrogen (secondary N) is 1. The average Bonchev–Trinajstić information content (AvgIpc) is 3.06. The highest BCUT2D eigenvalue weighted by Gasteiger charge is 2.20. The summed E-state index contributed by atoms with van der Waals surface area (Å²) >= 11 is 13.0. The number of rotatable bonds is 3. The first kappa shape index (κ1) is 20.7. The van der Waals surface area contributed by atoms with Crippen LogP contribution in [0.4, 0.5) is 0 Å². The molecule has 9 nitrogen and oxygen atoms in total. The lowest BCUT2D eigenvalue weighted by Crippen LogP contribution is -2.33. The van der Waals surface area contributed by atoms with Crippen molar-refractivity contribution in [1.82, 2.24) is 24.5 Å². The van der Waals surface area contributed by atoms with Gasteiger partial charge >= 0.3 is 5.69 Å². The molecule has 156 valence electrons. The topological polar surface area (TPSA) is 130 Å². The number of nitrogens with zero attached hydrogens (tertiary/aromatic N) is 5. The summed E-state index contributed by atoms with van der Waals surface area (Å²) in [5.74, 6) is 0.175. The van der Waals surface area contributed by atoms with Gasteiger partial charge in [-0.3, -0.25) is 9.78 Å². The maximum atomic E-state index is 12.2. The SMILES string of the molecule is CC(C)c1nn(-c2c(Cl)cc(-n3nc(C#N)c(=O)[nH]c3=O)cc2Cl)c2ccc(O)cc12. The van der Waals surface area contributed by atoms with Gasteiger partial charge in [0, 0.05) is 5.39 Å². The third-order valence-electron chi connectivity index (χ3n) is 4.63. The molecule has 0 atom stereocenters. The molecule has 0 aliphatic rings.